The normalized spacial score (nSPS) is 21.6. The van der Waals surface area contributed by atoms with Gasteiger partial charge in [-0.1, -0.05) is 0 Å². The highest BCUT2D eigenvalue weighted by molar-refractivity contribution is 5.94. The summed E-state index contributed by atoms with van der Waals surface area (Å²) in [5.41, 5.74) is 1.20. The number of nitro groups is 1. The van der Waals surface area contributed by atoms with E-state index in [0.717, 1.165) is 31.7 Å². The summed E-state index contributed by atoms with van der Waals surface area (Å²) in [7, 11) is 2.11. The fourth-order valence-electron chi connectivity index (χ4n) is 3.31. The molecule has 8 nitrogen and oxygen atoms in total. The van der Waals surface area contributed by atoms with Crippen LogP contribution in [0.5, 0.6) is 0 Å². The lowest BCUT2D eigenvalue weighted by Gasteiger charge is -2.30. The molecule has 0 radical (unpaired) electrons. The maximum absolute atomic E-state index is 11.9. The lowest BCUT2D eigenvalue weighted by atomic mass is 9.98. The summed E-state index contributed by atoms with van der Waals surface area (Å²) in [6, 6.07) is 4.56. The minimum absolute atomic E-state index is 0.0346. The van der Waals surface area contributed by atoms with Gasteiger partial charge in [-0.15, -0.1) is 0 Å². The molecule has 1 N–H and O–H groups in total. The maximum Gasteiger partial charge on any atom is 0.414 e. The molecular formula is C16H22N4O4. The van der Waals surface area contributed by atoms with Gasteiger partial charge < -0.3 is 15.0 Å². The van der Waals surface area contributed by atoms with Crippen LogP contribution in [0.25, 0.3) is 0 Å². The van der Waals surface area contributed by atoms with Gasteiger partial charge in [0.1, 0.15) is 6.61 Å². The van der Waals surface area contributed by atoms with Gasteiger partial charge in [-0.2, -0.15) is 0 Å². The van der Waals surface area contributed by atoms with Gasteiger partial charge in [-0.05, 0) is 38.4 Å². The highest BCUT2D eigenvalue weighted by atomic mass is 16.6. The van der Waals surface area contributed by atoms with Crippen LogP contribution in [0.4, 0.5) is 21.9 Å². The number of ether oxygens (including phenoxy) is 1. The van der Waals surface area contributed by atoms with Gasteiger partial charge >= 0.3 is 6.09 Å². The summed E-state index contributed by atoms with van der Waals surface area (Å²) >= 11 is 0. The van der Waals surface area contributed by atoms with Crippen molar-refractivity contribution < 1.29 is 14.5 Å². The van der Waals surface area contributed by atoms with E-state index in [1.165, 1.54) is 23.5 Å². The predicted octanol–water partition coefficient (Wildman–Crippen LogP) is 2.31. The van der Waals surface area contributed by atoms with Gasteiger partial charge in [-0.3, -0.25) is 15.0 Å². The number of nitrogens with zero attached hydrogens (tertiary/aromatic N) is 3. The first-order chi connectivity index (χ1) is 11.5. The van der Waals surface area contributed by atoms with Crippen molar-refractivity contribution in [2.45, 2.75) is 12.8 Å². The fourth-order valence-corrected chi connectivity index (χ4v) is 3.31. The number of nitro benzene ring substituents is 1. The van der Waals surface area contributed by atoms with Crippen molar-refractivity contribution in [3.63, 3.8) is 0 Å². The molecule has 2 aliphatic heterocycles. The minimum Gasteiger partial charge on any atom is -0.447 e. The average molecular weight is 334 g/mol. The van der Waals surface area contributed by atoms with Crippen LogP contribution in [0.15, 0.2) is 18.2 Å². The van der Waals surface area contributed by atoms with Gasteiger partial charge in [0.2, 0.25) is 0 Å². The zero-order chi connectivity index (χ0) is 17.1. The number of carbonyl (C=O) groups excluding carboxylic acids is 1. The number of carbonyl (C=O) groups is 1. The molecule has 2 heterocycles. The molecule has 0 aliphatic carbocycles. The van der Waals surface area contributed by atoms with Crippen LogP contribution in [0.2, 0.25) is 0 Å². The van der Waals surface area contributed by atoms with E-state index in [2.05, 4.69) is 17.3 Å². The average Bonchev–Trinajstić information content (AvgIpc) is 2.98. The molecule has 2 saturated heterocycles. The molecular weight excluding hydrogens is 312 g/mol. The smallest absolute Gasteiger partial charge is 0.414 e. The molecule has 3 rings (SSSR count). The Morgan fingerprint density at radius 2 is 2.25 bits per heavy atom. The van der Waals surface area contributed by atoms with Crippen LogP contribution in [0.1, 0.15) is 12.8 Å². The topological polar surface area (TPSA) is 87.9 Å². The summed E-state index contributed by atoms with van der Waals surface area (Å²) in [4.78, 5) is 26.2. The molecule has 1 aromatic carbocycles. The van der Waals surface area contributed by atoms with Gasteiger partial charge in [-0.25, -0.2) is 4.79 Å². The Labute approximate surface area is 140 Å². The standard InChI is InChI=1S/C16H22N4O4/c1-18-6-2-3-12(11-18)10-17-14-5-4-13(20(22)23)9-15(14)19-7-8-24-16(19)21/h4-5,9,12,17H,2-3,6-8,10-11H2,1H3. The van der Waals surface area contributed by atoms with Gasteiger partial charge in [0.05, 0.1) is 22.8 Å². The SMILES string of the molecule is CN1CCCC(CNc2ccc([N+](=O)[O-])cc2N2CCOC2=O)C1. The van der Waals surface area contributed by atoms with Gasteiger partial charge in [0.25, 0.3) is 5.69 Å². The number of benzene rings is 1. The van der Waals surface area contributed by atoms with Crippen molar-refractivity contribution in [1.29, 1.82) is 0 Å². The molecule has 130 valence electrons. The van der Waals surface area contributed by atoms with E-state index < -0.39 is 11.0 Å². The van der Waals surface area contributed by atoms with E-state index in [1.807, 2.05) is 0 Å². The number of amides is 1. The Hall–Kier alpha value is -2.35. The lowest BCUT2D eigenvalue weighted by Crippen LogP contribution is -2.35. The Morgan fingerprint density at radius 1 is 1.42 bits per heavy atom. The van der Waals surface area contributed by atoms with Gasteiger partial charge in [0, 0.05) is 25.2 Å². The van der Waals surface area contributed by atoms with Crippen LogP contribution in [-0.2, 0) is 4.74 Å². The second kappa shape index (κ2) is 7.04. The zero-order valence-corrected chi connectivity index (χ0v) is 13.7. The van der Waals surface area contributed by atoms with E-state index in [0.29, 0.717) is 24.8 Å². The summed E-state index contributed by atoms with van der Waals surface area (Å²) in [5.74, 6) is 0.525. The predicted molar refractivity (Wildman–Crippen MR) is 90.5 cm³/mol. The van der Waals surface area contributed by atoms with E-state index in [1.54, 1.807) is 6.07 Å². The van der Waals surface area contributed by atoms with Crippen molar-refractivity contribution in [1.82, 2.24) is 4.90 Å². The molecule has 1 unspecified atom stereocenters. The molecule has 24 heavy (non-hydrogen) atoms. The molecule has 1 amide bonds. The molecule has 2 aliphatic rings. The summed E-state index contributed by atoms with van der Waals surface area (Å²) in [5, 5.41) is 14.4. The van der Waals surface area contributed by atoms with Crippen molar-refractivity contribution in [3.05, 3.63) is 28.3 Å². The van der Waals surface area contributed by atoms with E-state index in [4.69, 9.17) is 4.74 Å². The second-order valence-electron chi connectivity index (χ2n) is 6.38. The molecule has 8 heteroatoms. The number of rotatable bonds is 5. The Bertz CT molecular complexity index is 637. The molecule has 0 bridgehead atoms. The van der Waals surface area contributed by atoms with E-state index >= 15 is 0 Å². The summed E-state index contributed by atoms with van der Waals surface area (Å²) < 4.78 is 4.97. The number of hydrogen-bond acceptors (Lipinski definition) is 6. The molecule has 0 saturated carbocycles. The van der Waals surface area contributed by atoms with Gasteiger partial charge in [0.15, 0.2) is 0 Å². The summed E-state index contributed by atoms with van der Waals surface area (Å²) in [6.07, 6.45) is 1.87. The van der Waals surface area contributed by atoms with E-state index in [9.17, 15) is 14.9 Å². The number of likely N-dealkylation sites (tertiary alicyclic amines) is 1. The number of cyclic esters (lactones) is 1. The fraction of sp³-hybridized carbons (Fsp3) is 0.562. The van der Waals surface area contributed by atoms with Crippen molar-refractivity contribution >= 4 is 23.2 Å². The molecule has 0 aromatic heterocycles. The third-order valence-corrected chi connectivity index (χ3v) is 4.55. The monoisotopic (exact) mass is 334 g/mol. The molecule has 0 spiro atoms. The highest BCUT2D eigenvalue weighted by Crippen LogP contribution is 2.32. The third kappa shape index (κ3) is 3.59. The van der Waals surface area contributed by atoms with E-state index in [-0.39, 0.29) is 5.69 Å². The number of piperidine rings is 1. The highest BCUT2D eigenvalue weighted by Gasteiger charge is 2.28. The first kappa shape index (κ1) is 16.5. The first-order valence-corrected chi connectivity index (χ1v) is 8.20. The Morgan fingerprint density at radius 3 is 2.92 bits per heavy atom. The largest absolute Gasteiger partial charge is 0.447 e. The van der Waals surface area contributed by atoms with Crippen LogP contribution >= 0.6 is 0 Å². The van der Waals surface area contributed by atoms with Crippen molar-refractivity contribution in [3.8, 4) is 0 Å². The molecule has 1 aromatic rings. The first-order valence-electron chi connectivity index (χ1n) is 8.20. The van der Waals surface area contributed by atoms with Crippen LogP contribution in [0.3, 0.4) is 0 Å². The van der Waals surface area contributed by atoms with Crippen molar-refractivity contribution in [2.75, 3.05) is 50.1 Å². The van der Waals surface area contributed by atoms with Crippen LogP contribution in [-0.4, -0.2) is 55.8 Å². The van der Waals surface area contributed by atoms with Crippen LogP contribution in [0, 0.1) is 16.0 Å². The molecule has 2 fully saturated rings. The second-order valence-corrected chi connectivity index (χ2v) is 6.38. The number of nitrogens with one attached hydrogen (secondary N) is 1. The summed E-state index contributed by atoms with van der Waals surface area (Å²) in [6.45, 7) is 3.63. The zero-order valence-electron chi connectivity index (χ0n) is 13.7. The van der Waals surface area contributed by atoms with Crippen molar-refractivity contribution in [2.24, 2.45) is 5.92 Å². The minimum atomic E-state index is -0.462. The van der Waals surface area contributed by atoms with Crippen LogP contribution < -0.4 is 10.2 Å². The number of hydrogen-bond donors (Lipinski definition) is 1. The maximum atomic E-state index is 11.9. The molecule has 1 atom stereocenters. The third-order valence-electron chi connectivity index (χ3n) is 4.55. The quantitative estimate of drug-likeness (QED) is 0.657. The Kier molecular flexibility index (Phi) is 4.84. The number of anilines is 2. The number of non-ortho nitro benzene ring substituents is 1. The Balaban J connectivity index is 1.78. The lowest BCUT2D eigenvalue weighted by molar-refractivity contribution is -0.384.